The lowest BCUT2D eigenvalue weighted by atomic mass is 9.98. The number of hydrogen-bond donors (Lipinski definition) is 1. The Labute approximate surface area is 103 Å². The molecule has 0 aliphatic rings. The molecule has 0 saturated carbocycles. The summed E-state index contributed by atoms with van der Waals surface area (Å²) in [7, 11) is 0. The number of phenolic OH excluding ortho intramolecular Hbond substituents is 1. The maximum absolute atomic E-state index is 10.1. The van der Waals surface area contributed by atoms with Gasteiger partial charge in [-0.2, -0.15) is 0 Å². The Hall–Kier alpha value is -1.50. The molecule has 2 aromatic carbocycles. The smallest absolute Gasteiger partial charge is 0.126 e. The van der Waals surface area contributed by atoms with Crippen LogP contribution in [0.25, 0.3) is 10.8 Å². The second-order valence-corrected chi connectivity index (χ2v) is 4.70. The Morgan fingerprint density at radius 2 is 1.82 bits per heavy atom. The zero-order valence-corrected chi connectivity index (χ0v) is 10.7. The molecule has 0 heterocycles. The Balaban J connectivity index is 2.40. The summed E-state index contributed by atoms with van der Waals surface area (Å²) in [5, 5.41) is 12.2. The number of unbranched alkanes of at least 4 members (excludes halogenated alkanes) is 2. The van der Waals surface area contributed by atoms with E-state index in [9.17, 15) is 5.11 Å². The minimum Gasteiger partial charge on any atom is -0.507 e. The molecule has 0 unspecified atom stereocenters. The quantitative estimate of drug-likeness (QED) is 0.759. The van der Waals surface area contributed by atoms with Gasteiger partial charge >= 0.3 is 0 Å². The van der Waals surface area contributed by atoms with Gasteiger partial charge in [-0.3, -0.25) is 0 Å². The van der Waals surface area contributed by atoms with Crippen molar-refractivity contribution in [2.75, 3.05) is 0 Å². The number of rotatable bonds is 4. The van der Waals surface area contributed by atoms with E-state index < -0.39 is 0 Å². The summed E-state index contributed by atoms with van der Waals surface area (Å²) in [5.74, 6) is 0.430. The van der Waals surface area contributed by atoms with E-state index in [-0.39, 0.29) is 0 Å². The largest absolute Gasteiger partial charge is 0.507 e. The summed E-state index contributed by atoms with van der Waals surface area (Å²) in [5.41, 5.74) is 2.30. The molecule has 17 heavy (non-hydrogen) atoms. The standard InChI is InChI=1S/C16H20O/c1-3-4-5-7-13-8-6-9-15-14(13)11-10-12(2)16(15)17/h6,8-11,17H,3-5,7H2,1-2H3. The van der Waals surface area contributed by atoms with Crippen LogP contribution in [0.3, 0.4) is 0 Å². The van der Waals surface area contributed by atoms with Gasteiger partial charge in [0.05, 0.1) is 0 Å². The van der Waals surface area contributed by atoms with Gasteiger partial charge in [-0.1, -0.05) is 50.1 Å². The van der Waals surface area contributed by atoms with Gasteiger partial charge in [0, 0.05) is 5.39 Å². The molecule has 0 aliphatic carbocycles. The van der Waals surface area contributed by atoms with E-state index in [2.05, 4.69) is 19.1 Å². The van der Waals surface area contributed by atoms with Crippen molar-refractivity contribution in [2.24, 2.45) is 0 Å². The first-order valence-electron chi connectivity index (χ1n) is 6.44. The van der Waals surface area contributed by atoms with E-state index in [4.69, 9.17) is 0 Å². The van der Waals surface area contributed by atoms with Crippen LogP contribution in [-0.2, 0) is 6.42 Å². The van der Waals surface area contributed by atoms with Gasteiger partial charge < -0.3 is 5.11 Å². The maximum Gasteiger partial charge on any atom is 0.126 e. The Bertz CT molecular complexity index is 514. The van der Waals surface area contributed by atoms with Gasteiger partial charge in [-0.25, -0.2) is 0 Å². The first-order chi connectivity index (χ1) is 8.24. The zero-order chi connectivity index (χ0) is 12.3. The van der Waals surface area contributed by atoms with Gasteiger partial charge in [-0.15, -0.1) is 0 Å². The number of phenols is 1. The number of aryl methyl sites for hydroxylation is 2. The minimum atomic E-state index is 0.430. The first-order valence-corrected chi connectivity index (χ1v) is 6.44. The summed E-state index contributed by atoms with van der Waals surface area (Å²) in [6.07, 6.45) is 4.85. The molecule has 0 saturated heterocycles. The highest BCUT2D eigenvalue weighted by Gasteiger charge is 2.06. The maximum atomic E-state index is 10.1. The summed E-state index contributed by atoms with van der Waals surface area (Å²) < 4.78 is 0. The molecule has 0 bridgehead atoms. The van der Waals surface area contributed by atoms with Crippen LogP contribution in [0.1, 0.15) is 37.3 Å². The molecule has 0 aromatic heterocycles. The molecule has 0 aliphatic heterocycles. The molecule has 2 aromatic rings. The molecule has 0 atom stereocenters. The van der Waals surface area contributed by atoms with Crippen molar-refractivity contribution in [2.45, 2.75) is 39.5 Å². The van der Waals surface area contributed by atoms with E-state index in [1.54, 1.807) is 0 Å². The first kappa shape index (κ1) is 12.0. The second kappa shape index (κ2) is 5.22. The van der Waals surface area contributed by atoms with Crippen molar-refractivity contribution >= 4 is 10.8 Å². The second-order valence-electron chi connectivity index (χ2n) is 4.70. The molecule has 0 fully saturated rings. The normalized spacial score (nSPS) is 10.9. The van der Waals surface area contributed by atoms with Crippen LogP contribution in [0.15, 0.2) is 30.3 Å². The van der Waals surface area contributed by atoms with Crippen LogP contribution in [0.4, 0.5) is 0 Å². The van der Waals surface area contributed by atoms with Gasteiger partial charge in [-0.05, 0) is 36.3 Å². The topological polar surface area (TPSA) is 20.2 Å². The molecule has 90 valence electrons. The molecule has 2 rings (SSSR count). The Kier molecular flexibility index (Phi) is 3.68. The summed E-state index contributed by atoms with van der Waals surface area (Å²) in [6, 6.07) is 10.4. The lowest BCUT2D eigenvalue weighted by Gasteiger charge is -2.09. The SMILES string of the molecule is CCCCCc1cccc2c(O)c(C)ccc12. The van der Waals surface area contributed by atoms with Crippen LogP contribution in [-0.4, -0.2) is 5.11 Å². The van der Waals surface area contributed by atoms with Gasteiger partial charge in [0.1, 0.15) is 5.75 Å². The number of hydrogen-bond acceptors (Lipinski definition) is 1. The van der Waals surface area contributed by atoms with Crippen molar-refractivity contribution in [3.05, 3.63) is 41.5 Å². The lowest BCUT2D eigenvalue weighted by Crippen LogP contribution is -1.89. The van der Waals surface area contributed by atoms with Gasteiger partial charge in [0.15, 0.2) is 0 Å². The van der Waals surface area contributed by atoms with Crippen molar-refractivity contribution in [1.29, 1.82) is 0 Å². The lowest BCUT2D eigenvalue weighted by molar-refractivity contribution is 0.477. The van der Waals surface area contributed by atoms with Crippen molar-refractivity contribution in [3.8, 4) is 5.75 Å². The van der Waals surface area contributed by atoms with E-state index in [1.165, 1.54) is 30.2 Å². The fourth-order valence-corrected chi connectivity index (χ4v) is 2.30. The fraction of sp³-hybridized carbons (Fsp3) is 0.375. The van der Waals surface area contributed by atoms with Gasteiger partial charge in [0.2, 0.25) is 0 Å². The summed E-state index contributed by atoms with van der Waals surface area (Å²) >= 11 is 0. The fourth-order valence-electron chi connectivity index (χ4n) is 2.30. The average Bonchev–Trinajstić information content (AvgIpc) is 2.35. The van der Waals surface area contributed by atoms with Gasteiger partial charge in [0.25, 0.3) is 0 Å². The molecule has 0 amide bonds. The van der Waals surface area contributed by atoms with E-state index in [1.807, 2.05) is 25.1 Å². The van der Waals surface area contributed by atoms with Crippen LogP contribution in [0.2, 0.25) is 0 Å². The minimum absolute atomic E-state index is 0.430. The summed E-state index contributed by atoms with van der Waals surface area (Å²) in [6.45, 7) is 4.16. The third kappa shape index (κ3) is 2.44. The number of aromatic hydroxyl groups is 1. The summed E-state index contributed by atoms with van der Waals surface area (Å²) in [4.78, 5) is 0. The molecular weight excluding hydrogens is 208 g/mol. The average molecular weight is 228 g/mol. The predicted octanol–water partition coefficient (Wildman–Crippen LogP) is 4.59. The van der Waals surface area contributed by atoms with E-state index in [0.717, 1.165) is 17.4 Å². The molecular formula is C16H20O. The van der Waals surface area contributed by atoms with Crippen molar-refractivity contribution in [3.63, 3.8) is 0 Å². The number of fused-ring (bicyclic) bond motifs is 1. The van der Waals surface area contributed by atoms with Crippen LogP contribution >= 0.6 is 0 Å². The molecule has 0 radical (unpaired) electrons. The molecule has 1 nitrogen and oxygen atoms in total. The highest BCUT2D eigenvalue weighted by atomic mass is 16.3. The predicted molar refractivity (Wildman–Crippen MR) is 73.6 cm³/mol. The molecule has 0 spiro atoms. The van der Waals surface area contributed by atoms with E-state index in [0.29, 0.717) is 5.75 Å². The highest BCUT2D eigenvalue weighted by Crippen LogP contribution is 2.30. The van der Waals surface area contributed by atoms with Crippen molar-refractivity contribution < 1.29 is 5.11 Å². The highest BCUT2D eigenvalue weighted by molar-refractivity contribution is 5.91. The molecule has 1 N–H and O–H groups in total. The van der Waals surface area contributed by atoms with Crippen LogP contribution in [0.5, 0.6) is 5.75 Å². The Morgan fingerprint density at radius 1 is 1.00 bits per heavy atom. The third-order valence-electron chi connectivity index (χ3n) is 3.37. The zero-order valence-electron chi connectivity index (χ0n) is 10.7. The molecule has 1 heteroatoms. The number of benzene rings is 2. The van der Waals surface area contributed by atoms with Crippen molar-refractivity contribution in [1.82, 2.24) is 0 Å². The monoisotopic (exact) mass is 228 g/mol. The van der Waals surface area contributed by atoms with Crippen LogP contribution in [0, 0.1) is 6.92 Å². The van der Waals surface area contributed by atoms with E-state index >= 15 is 0 Å². The van der Waals surface area contributed by atoms with Crippen LogP contribution < -0.4 is 0 Å². The third-order valence-corrected chi connectivity index (χ3v) is 3.37. The Morgan fingerprint density at radius 3 is 2.59 bits per heavy atom.